The van der Waals surface area contributed by atoms with Crippen molar-refractivity contribution >= 4 is 11.5 Å². The summed E-state index contributed by atoms with van der Waals surface area (Å²) >= 11 is 0. The maximum absolute atomic E-state index is 12.5. The van der Waals surface area contributed by atoms with Crippen molar-refractivity contribution in [2.24, 2.45) is 0 Å². The third-order valence-corrected chi connectivity index (χ3v) is 3.23. The molecule has 0 radical (unpaired) electrons. The molecule has 5 nitrogen and oxygen atoms in total. The van der Waals surface area contributed by atoms with E-state index >= 15 is 0 Å². The van der Waals surface area contributed by atoms with E-state index in [0.29, 0.717) is 5.56 Å². The maximum atomic E-state index is 12.5. The van der Waals surface area contributed by atoms with Gasteiger partial charge in [-0.2, -0.15) is 5.26 Å². The molecule has 1 atom stereocenters. The molecule has 0 aliphatic rings. The highest BCUT2D eigenvalue weighted by Crippen LogP contribution is 2.25. The summed E-state index contributed by atoms with van der Waals surface area (Å²) in [6.45, 7) is 1.82. The zero-order chi connectivity index (χ0) is 15.4. The first-order valence-corrected chi connectivity index (χ1v) is 6.28. The Morgan fingerprint density at radius 2 is 1.95 bits per heavy atom. The summed E-state index contributed by atoms with van der Waals surface area (Å²) in [5.74, 6) is -1.40. The number of nitro benzene ring substituents is 1. The van der Waals surface area contributed by atoms with E-state index < -0.39 is 16.6 Å². The molecule has 0 N–H and O–H groups in total. The summed E-state index contributed by atoms with van der Waals surface area (Å²) in [5.41, 5.74) is 1.46. The predicted octanol–water partition coefficient (Wildman–Crippen LogP) is 3.39. The van der Waals surface area contributed by atoms with Crippen LogP contribution in [0, 0.1) is 28.4 Å². The molecule has 0 saturated heterocycles. The normalized spacial score (nSPS) is 11.4. The first-order valence-electron chi connectivity index (χ1n) is 6.28. The minimum atomic E-state index is -0.965. The number of non-ortho nitro benzene ring substituents is 1. The van der Waals surface area contributed by atoms with Crippen LogP contribution in [0.5, 0.6) is 0 Å². The average Bonchev–Trinajstić information content (AvgIpc) is 2.50. The van der Waals surface area contributed by atoms with E-state index in [0.717, 1.165) is 5.56 Å². The predicted molar refractivity (Wildman–Crippen MR) is 77.0 cm³/mol. The van der Waals surface area contributed by atoms with Crippen molar-refractivity contribution in [1.82, 2.24) is 0 Å². The van der Waals surface area contributed by atoms with E-state index in [-0.39, 0.29) is 11.3 Å². The molecule has 0 spiro atoms. The van der Waals surface area contributed by atoms with Gasteiger partial charge in [-0.15, -0.1) is 0 Å². The molecule has 0 bridgehead atoms. The van der Waals surface area contributed by atoms with Gasteiger partial charge in [-0.25, -0.2) is 0 Å². The first kappa shape index (κ1) is 14.4. The van der Waals surface area contributed by atoms with E-state index in [9.17, 15) is 20.2 Å². The Bertz CT molecular complexity index is 747. The number of carbonyl (C=O) groups is 1. The van der Waals surface area contributed by atoms with E-state index in [2.05, 4.69) is 0 Å². The molecular formula is C16H12N2O3. The van der Waals surface area contributed by atoms with Gasteiger partial charge in [-0.1, -0.05) is 36.4 Å². The molecular weight excluding hydrogens is 268 g/mol. The SMILES string of the molecule is Cc1ccccc1C(C#N)C(=O)c1cccc([N+](=O)[O-])c1. The fourth-order valence-electron chi connectivity index (χ4n) is 2.12. The van der Waals surface area contributed by atoms with Crippen LogP contribution in [0.4, 0.5) is 5.69 Å². The third kappa shape index (κ3) is 2.95. The number of carbonyl (C=O) groups excluding carboxylic acids is 1. The zero-order valence-electron chi connectivity index (χ0n) is 11.3. The number of hydrogen-bond acceptors (Lipinski definition) is 4. The van der Waals surface area contributed by atoms with Crippen molar-refractivity contribution in [3.63, 3.8) is 0 Å². The van der Waals surface area contributed by atoms with Gasteiger partial charge in [0.2, 0.25) is 0 Å². The fraction of sp³-hybridized carbons (Fsp3) is 0.125. The highest BCUT2D eigenvalue weighted by atomic mass is 16.6. The molecule has 0 heterocycles. The van der Waals surface area contributed by atoms with Gasteiger partial charge < -0.3 is 0 Å². The van der Waals surface area contributed by atoms with Crippen LogP contribution in [0.1, 0.15) is 27.4 Å². The highest BCUT2D eigenvalue weighted by Gasteiger charge is 2.24. The lowest BCUT2D eigenvalue weighted by molar-refractivity contribution is -0.384. The standard InChI is InChI=1S/C16H12N2O3/c1-11-5-2-3-8-14(11)15(10-17)16(19)12-6-4-7-13(9-12)18(20)21/h2-9,15H,1H3. The summed E-state index contributed by atoms with van der Waals surface area (Å²) in [5, 5.41) is 20.1. The Labute approximate surface area is 121 Å². The smallest absolute Gasteiger partial charge is 0.270 e. The van der Waals surface area contributed by atoms with Gasteiger partial charge in [0.05, 0.1) is 11.0 Å². The highest BCUT2D eigenvalue weighted by molar-refractivity contribution is 6.03. The van der Waals surface area contributed by atoms with E-state index in [4.69, 9.17) is 0 Å². The van der Waals surface area contributed by atoms with Gasteiger partial charge >= 0.3 is 0 Å². The lowest BCUT2D eigenvalue weighted by atomic mass is 9.89. The van der Waals surface area contributed by atoms with Crippen molar-refractivity contribution in [3.8, 4) is 6.07 Å². The van der Waals surface area contributed by atoms with Crippen LogP contribution < -0.4 is 0 Å². The second-order valence-corrected chi connectivity index (χ2v) is 4.59. The molecule has 0 aliphatic carbocycles. The van der Waals surface area contributed by atoms with Crippen LogP contribution in [0.2, 0.25) is 0 Å². The number of rotatable bonds is 4. The molecule has 0 fully saturated rings. The number of benzene rings is 2. The summed E-state index contributed by atoms with van der Waals surface area (Å²) < 4.78 is 0. The third-order valence-electron chi connectivity index (χ3n) is 3.23. The number of hydrogen-bond donors (Lipinski definition) is 0. The summed E-state index contributed by atoms with van der Waals surface area (Å²) in [4.78, 5) is 22.7. The second-order valence-electron chi connectivity index (χ2n) is 4.59. The fourth-order valence-corrected chi connectivity index (χ4v) is 2.12. The topological polar surface area (TPSA) is 84.0 Å². The van der Waals surface area contributed by atoms with Crippen LogP contribution in [-0.2, 0) is 0 Å². The van der Waals surface area contributed by atoms with Crippen LogP contribution in [-0.4, -0.2) is 10.7 Å². The molecule has 5 heteroatoms. The van der Waals surface area contributed by atoms with Crippen LogP contribution in [0.15, 0.2) is 48.5 Å². The molecule has 0 aromatic heterocycles. The quantitative estimate of drug-likeness (QED) is 0.488. The summed E-state index contributed by atoms with van der Waals surface area (Å²) in [6, 6.07) is 14.5. The Kier molecular flexibility index (Phi) is 4.10. The van der Waals surface area contributed by atoms with E-state index in [1.165, 1.54) is 24.3 Å². The van der Waals surface area contributed by atoms with Gasteiger partial charge in [0.25, 0.3) is 5.69 Å². The van der Waals surface area contributed by atoms with Crippen molar-refractivity contribution < 1.29 is 9.72 Å². The average molecular weight is 280 g/mol. The summed E-state index contributed by atoms with van der Waals surface area (Å²) in [6.07, 6.45) is 0. The molecule has 1 unspecified atom stereocenters. The Balaban J connectivity index is 2.43. The minimum absolute atomic E-state index is 0.165. The van der Waals surface area contributed by atoms with Gasteiger partial charge in [-0.05, 0) is 18.1 Å². The molecule has 0 aliphatic heterocycles. The lowest BCUT2D eigenvalue weighted by Gasteiger charge is -2.11. The zero-order valence-corrected chi connectivity index (χ0v) is 11.3. The Morgan fingerprint density at radius 3 is 2.57 bits per heavy atom. The van der Waals surface area contributed by atoms with Crippen LogP contribution >= 0.6 is 0 Å². The van der Waals surface area contributed by atoms with Crippen LogP contribution in [0.25, 0.3) is 0 Å². The molecule has 2 aromatic carbocycles. The number of nitro groups is 1. The van der Waals surface area contributed by atoms with Gasteiger partial charge in [0, 0.05) is 17.7 Å². The van der Waals surface area contributed by atoms with Crippen molar-refractivity contribution in [1.29, 1.82) is 5.26 Å². The Hall–Kier alpha value is -3.00. The van der Waals surface area contributed by atoms with Gasteiger partial charge in [0.1, 0.15) is 5.92 Å². The van der Waals surface area contributed by atoms with Gasteiger partial charge in [0.15, 0.2) is 5.78 Å². The van der Waals surface area contributed by atoms with Crippen molar-refractivity contribution in [2.75, 3.05) is 0 Å². The van der Waals surface area contributed by atoms with Gasteiger partial charge in [-0.3, -0.25) is 14.9 Å². The maximum Gasteiger partial charge on any atom is 0.270 e. The first-order chi connectivity index (χ1) is 10.0. The van der Waals surface area contributed by atoms with E-state index in [1.54, 1.807) is 12.1 Å². The molecule has 2 rings (SSSR count). The molecule has 104 valence electrons. The Morgan fingerprint density at radius 1 is 1.24 bits per heavy atom. The summed E-state index contributed by atoms with van der Waals surface area (Å²) in [7, 11) is 0. The minimum Gasteiger partial charge on any atom is -0.292 e. The van der Waals surface area contributed by atoms with Crippen LogP contribution in [0.3, 0.4) is 0 Å². The molecule has 0 saturated carbocycles. The number of nitriles is 1. The largest absolute Gasteiger partial charge is 0.292 e. The molecule has 2 aromatic rings. The molecule has 0 amide bonds. The number of ketones is 1. The lowest BCUT2D eigenvalue weighted by Crippen LogP contribution is -2.12. The second kappa shape index (κ2) is 5.97. The van der Waals surface area contributed by atoms with Crippen molar-refractivity contribution in [2.45, 2.75) is 12.8 Å². The number of nitrogens with zero attached hydrogens (tertiary/aromatic N) is 2. The number of aryl methyl sites for hydroxylation is 1. The van der Waals surface area contributed by atoms with E-state index in [1.807, 2.05) is 25.1 Å². The molecule has 21 heavy (non-hydrogen) atoms. The van der Waals surface area contributed by atoms with Crippen molar-refractivity contribution in [3.05, 3.63) is 75.3 Å². The monoisotopic (exact) mass is 280 g/mol. The number of Topliss-reactive ketones (excluding diaryl/α,β-unsaturated/α-hetero) is 1.